The molecule has 8 heteroatoms. The zero-order valence-electron chi connectivity index (χ0n) is 19.4. The van der Waals surface area contributed by atoms with Crippen LogP contribution in [0, 0.1) is 25.7 Å². The Hall–Kier alpha value is -2.71. The van der Waals surface area contributed by atoms with Gasteiger partial charge in [-0.05, 0) is 48.4 Å². The number of hydrogen-bond acceptors (Lipinski definition) is 5. The molecular formula is C25H31N3O4S. The van der Waals surface area contributed by atoms with E-state index in [2.05, 4.69) is 35.6 Å². The topological polar surface area (TPSA) is 92.5 Å². The number of hydrogen-bond donors (Lipinski definition) is 1. The van der Waals surface area contributed by atoms with E-state index in [-0.39, 0.29) is 22.6 Å². The van der Waals surface area contributed by atoms with Crippen molar-refractivity contribution in [3.05, 3.63) is 59.5 Å². The first-order valence-electron chi connectivity index (χ1n) is 11.5. The lowest BCUT2D eigenvalue weighted by atomic mass is 9.82. The lowest BCUT2D eigenvalue weighted by Crippen LogP contribution is -2.45. The Morgan fingerprint density at radius 2 is 1.91 bits per heavy atom. The van der Waals surface area contributed by atoms with E-state index in [1.165, 1.54) is 4.31 Å². The maximum atomic E-state index is 13.2. The van der Waals surface area contributed by atoms with Crippen LogP contribution in [-0.4, -0.2) is 36.9 Å². The number of aromatic nitrogens is 1. The molecule has 2 unspecified atom stereocenters. The zero-order valence-corrected chi connectivity index (χ0v) is 20.2. The van der Waals surface area contributed by atoms with Crippen molar-refractivity contribution in [1.82, 2.24) is 14.8 Å². The summed E-state index contributed by atoms with van der Waals surface area (Å²) in [6, 6.07) is 14.3. The number of carbonyl (C=O) groups is 1. The number of nitrogens with one attached hydrogen (secondary N) is 1. The molecule has 1 fully saturated rings. The fraction of sp³-hybridized carbons (Fsp3) is 0.440. The van der Waals surface area contributed by atoms with Crippen LogP contribution in [-0.2, 0) is 21.4 Å². The van der Waals surface area contributed by atoms with Crippen LogP contribution in [0.1, 0.15) is 43.2 Å². The summed E-state index contributed by atoms with van der Waals surface area (Å²) in [7, 11) is -3.67. The first kappa shape index (κ1) is 23.4. The van der Waals surface area contributed by atoms with E-state index in [0.717, 1.165) is 22.8 Å². The van der Waals surface area contributed by atoms with Crippen molar-refractivity contribution in [1.29, 1.82) is 0 Å². The summed E-state index contributed by atoms with van der Waals surface area (Å²) < 4.78 is 33.0. The predicted molar refractivity (Wildman–Crippen MR) is 127 cm³/mol. The van der Waals surface area contributed by atoms with Gasteiger partial charge in [0.15, 0.2) is 5.76 Å². The Labute approximate surface area is 195 Å². The molecule has 1 aliphatic rings. The van der Waals surface area contributed by atoms with Crippen molar-refractivity contribution in [2.45, 2.75) is 51.5 Å². The lowest BCUT2D eigenvalue weighted by Gasteiger charge is -2.37. The summed E-state index contributed by atoms with van der Waals surface area (Å²) in [5.41, 5.74) is 1.48. The van der Waals surface area contributed by atoms with Crippen LogP contribution >= 0.6 is 0 Å². The first-order valence-corrected chi connectivity index (χ1v) is 12.9. The van der Waals surface area contributed by atoms with E-state index in [9.17, 15) is 13.2 Å². The number of amides is 1. The van der Waals surface area contributed by atoms with Crippen molar-refractivity contribution in [3.8, 4) is 0 Å². The Balaban J connectivity index is 1.39. The van der Waals surface area contributed by atoms with Crippen LogP contribution in [0.2, 0.25) is 0 Å². The Bertz CT molecular complexity index is 1230. The first-order chi connectivity index (χ1) is 15.8. The summed E-state index contributed by atoms with van der Waals surface area (Å²) in [5, 5.41) is 9.17. The minimum atomic E-state index is -3.67. The molecule has 33 heavy (non-hydrogen) atoms. The Morgan fingerprint density at radius 1 is 1.15 bits per heavy atom. The molecule has 7 nitrogen and oxygen atoms in total. The summed E-state index contributed by atoms with van der Waals surface area (Å²) in [6.07, 6.45) is 1.88. The van der Waals surface area contributed by atoms with Crippen molar-refractivity contribution in [2.24, 2.45) is 11.8 Å². The summed E-state index contributed by atoms with van der Waals surface area (Å²) in [4.78, 5) is 12.9. The molecule has 1 saturated heterocycles. The molecule has 0 aliphatic carbocycles. The van der Waals surface area contributed by atoms with Crippen LogP contribution in [0.25, 0.3) is 10.8 Å². The molecule has 0 saturated carbocycles. The van der Waals surface area contributed by atoms with Gasteiger partial charge in [0, 0.05) is 26.1 Å². The third kappa shape index (κ3) is 4.82. The average molecular weight is 470 g/mol. The lowest BCUT2D eigenvalue weighted by molar-refractivity contribution is -0.122. The van der Waals surface area contributed by atoms with E-state index < -0.39 is 10.0 Å². The highest BCUT2D eigenvalue weighted by Gasteiger charge is 2.38. The third-order valence-electron chi connectivity index (χ3n) is 6.75. The molecule has 1 aromatic heterocycles. The van der Waals surface area contributed by atoms with E-state index in [4.69, 9.17) is 4.52 Å². The number of nitrogens with zero attached hydrogens (tertiary/aromatic N) is 2. The molecule has 0 spiro atoms. The summed E-state index contributed by atoms with van der Waals surface area (Å²) >= 11 is 0. The van der Waals surface area contributed by atoms with Gasteiger partial charge in [0.05, 0.1) is 0 Å². The molecule has 0 bridgehead atoms. The minimum absolute atomic E-state index is 0.00779. The van der Waals surface area contributed by atoms with E-state index >= 15 is 0 Å². The van der Waals surface area contributed by atoms with Crippen LogP contribution in [0.4, 0.5) is 0 Å². The van der Waals surface area contributed by atoms with Gasteiger partial charge in [0.1, 0.15) is 10.6 Å². The van der Waals surface area contributed by atoms with E-state index in [0.29, 0.717) is 43.9 Å². The minimum Gasteiger partial charge on any atom is -0.360 e. The fourth-order valence-corrected chi connectivity index (χ4v) is 6.72. The largest absolute Gasteiger partial charge is 0.360 e. The highest BCUT2D eigenvalue weighted by Crippen LogP contribution is 2.33. The van der Waals surface area contributed by atoms with Crippen LogP contribution < -0.4 is 5.32 Å². The van der Waals surface area contributed by atoms with Gasteiger partial charge in [-0.25, -0.2) is 8.42 Å². The zero-order chi connectivity index (χ0) is 23.6. The number of sulfonamides is 1. The molecule has 176 valence electrons. The quantitative estimate of drug-likeness (QED) is 0.560. The smallest absolute Gasteiger partial charge is 0.248 e. The fourth-order valence-electron chi connectivity index (χ4n) is 4.92. The standard InChI is InChI=1S/C25H31N3O4S/c1-4-19-16-28(33(30,31)25-17(2)27-32-18(25)3)13-12-21(19)14-24(29)26-15-22-10-7-9-20-8-5-6-11-23(20)22/h5-11,19,21H,4,12-16H2,1-3H3,(H,26,29). The van der Waals surface area contributed by atoms with Gasteiger partial charge in [-0.2, -0.15) is 4.31 Å². The van der Waals surface area contributed by atoms with Gasteiger partial charge in [-0.15, -0.1) is 0 Å². The van der Waals surface area contributed by atoms with Crippen molar-refractivity contribution in [2.75, 3.05) is 13.1 Å². The van der Waals surface area contributed by atoms with Crippen LogP contribution in [0.15, 0.2) is 51.9 Å². The molecule has 3 aromatic rings. The van der Waals surface area contributed by atoms with Crippen molar-refractivity contribution < 1.29 is 17.7 Å². The second kappa shape index (κ2) is 9.65. The van der Waals surface area contributed by atoms with Gasteiger partial charge in [-0.3, -0.25) is 4.79 Å². The highest BCUT2D eigenvalue weighted by molar-refractivity contribution is 7.89. The molecule has 1 amide bonds. The molecule has 0 radical (unpaired) electrons. The summed E-state index contributed by atoms with van der Waals surface area (Å²) in [6.45, 7) is 6.60. The number of benzene rings is 2. The van der Waals surface area contributed by atoms with Crippen molar-refractivity contribution >= 4 is 26.7 Å². The highest BCUT2D eigenvalue weighted by atomic mass is 32.2. The van der Waals surface area contributed by atoms with Gasteiger partial charge in [-0.1, -0.05) is 61.0 Å². The number of piperidine rings is 1. The maximum Gasteiger partial charge on any atom is 0.248 e. The second-order valence-electron chi connectivity index (χ2n) is 8.85. The van der Waals surface area contributed by atoms with E-state index in [1.807, 2.05) is 24.3 Å². The SMILES string of the molecule is CCC1CN(S(=O)(=O)c2c(C)noc2C)CCC1CC(=O)NCc1cccc2ccccc12. The molecule has 1 N–H and O–H groups in total. The molecule has 4 rings (SSSR count). The number of carbonyl (C=O) groups excluding carboxylic acids is 1. The van der Waals surface area contributed by atoms with Crippen molar-refractivity contribution in [3.63, 3.8) is 0 Å². The van der Waals surface area contributed by atoms with Gasteiger partial charge in [0.25, 0.3) is 0 Å². The van der Waals surface area contributed by atoms with Gasteiger partial charge >= 0.3 is 0 Å². The average Bonchev–Trinajstić information content (AvgIpc) is 3.16. The number of rotatable bonds is 7. The predicted octanol–water partition coefficient (Wildman–Crippen LogP) is 4.19. The van der Waals surface area contributed by atoms with E-state index in [1.54, 1.807) is 13.8 Å². The molecule has 1 aliphatic heterocycles. The monoisotopic (exact) mass is 469 g/mol. The number of aryl methyl sites for hydroxylation is 2. The normalized spacial score (nSPS) is 19.6. The van der Waals surface area contributed by atoms with Crippen LogP contribution in [0.5, 0.6) is 0 Å². The molecule has 2 atom stereocenters. The third-order valence-corrected chi connectivity index (χ3v) is 8.86. The molecule has 2 aromatic carbocycles. The summed E-state index contributed by atoms with van der Waals surface area (Å²) in [5.74, 6) is 0.597. The Morgan fingerprint density at radius 3 is 2.64 bits per heavy atom. The second-order valence-corrected chi connectivity index (χ2v) is 10.7. The Kier molecular flexibility index (Phi) is 6.86. The molecular weight excluding hydrogens is 438 g/mol. The molecule has 2 heterocycles. The van der Waals surface area contributed by atoms with Gasteiger partial charge in [0.2, 0.25) is 15.9 Å². The van der Waals surface area contributed by atoms with Crippen LogP contribution in [0.3, 0.4) is 0 Å². The maximum absolute atomic E-state index is 13.2. The number of fused-ring (bicyclic) bond motifs is 1. The van der Waals surface area contributed by atoms with Gasteiger partial charge < -0.3 is 9.84 Å².